The molecule has 110 valence electrons. The van der Waals surface area contributed by atoms with Crippen molar-refractivity contribution < 1.29 is 14.3 Å². The van der Waals surface area contributed by atoms with Crippen molar-refractivity contribution in [3.05, 3.63) is 21.9 Å². The topological polar surface area (TPSA) is 81.2 Å². The summed E-state index contributed by atoms with van der Waals surface area (Å²) < 4.78 is 5.11. The van der Waals surface area contributed by atoms with Crippen LogP contribution < -0.4 is 5.32 Å². The summed E-state index contributed by atoms with van der Waals surface area (Å²) in [4.78, 5) is 23.2. The largest absolute Gasteiger partial charge is 0.444 e. The van der Waals surface area contributed by atoms with E-state index in [9.17, 15) is 9.59 Å². The predicted octanol–water partition coefficient (Wildman–Crippen LogP) is 2.72. The summed E-state index contributed by atoms with van der Waals surface area (Å²) in [6, 6.07) is 1.36. The summed E-state index contributed by atoms with van der Waals surface area (Å²) in [7, 11) is 0. The van der Waals surface area contributed by atoms with Crippen LogP contribution in [0.1, 0.15) is 33.3 Å². The van der Waals surface area contributed by atoms with Crippen molar-refractivity contribution in [2.24, 2.45) is 0 Å². The van der Waals surface area contributed by atoms with Crippen LogP contribution >= 0.6 is 23.2 Å². The van der Waals surface area contributed by atoms with Gasteiger partial charge in [-0.05, 0) is 33.8 Å². The third-order valence-corrected chi connectivity index (χ3v) is 2.74. The Labute approximate surface area is 126 Å². The minimum atomic E-state index is -1.42. The smallest absolute Gasteiger partial charge is 0.408 e. The second-order valence-electron chi connectivity index (χ2n) is 5.32. The van der Waals surface area contributed by atoms with Crippen molar-refractivity contribution in [2.45, 2.75) is 38.8 Å². The molecule has 20 heavy (non-hydrogen) atoms. The van der Waals surface area contributed by atoms with Crippen LogP contribution in [0.3, 0.4) is 0 Å². The van der Waals surface area contributed by atoms with Crippen LogP contribution in [0.25, 0.3) is 0 Å². The molecular weight excluding hydrogens is 305 g/mol. The zero-order valence-electron chi connectivity index (χ0n) is 11.5. The second-order valence-corrected chi connectivity index (χ2v) is 6.06. The first kappa shape index (κ1) is 16.7. The maximum absolute atomic E-state index is 11.8. The average Bonchev–Trinajstić information content (AvgIpc) is 2.29. The number of aromatic nitrogens is 2. The average molecular weight is 320 g/mol. The normalized spacial score (nSPS) is 14.3. The maximum Gasteiger partial charge on any atom is 0.408 e. The number of carbonyl (C=O) groups is 2. The van der Waals surface area contributed by atoms with E-state index in [-0.39, 0.29) is 15.9 Å². The SMILES string of the molecule is CC(C)(C)OC(=O)NC(C)(C=O)c1cc(Cl)nnc1Cl. The van der Waals surface area contributed by atoms with Gasteiger partial charge in [-0.15, -0.1) is 10.2 Å². The number of nitrogens with one attached hydrogen (secondary N) is 1. The number of ether oxygens (including phenoxy) is 1. The van der Waals surface area contributed by atoms with E-state index in [2.05, 4.69) is 15.5 Å². The fourth-order valence-electron chi connectivity index (χ4n) is 1.39. The molecule has 0 bridgehead atoms. The van der Waals surface area contributed by atoms with E-state index in [1.54, 1.807) is 20.8 Å². The van der Waals surface area contributed by atoms with Gasteiger partial charge >= 0.3 is 6.09 Å². The summed E-state index contributed by atoms with van der Waals surface area (Å²) in [6.45, 7) is 6.59. The molecule has 6 nitrogen and oxygen atoms in total. The molecule has 0 aromatic carbocycles. The molecule has 0 spiro atoms. The number of rotatable bonds is 3. The number of carbonyl (C=O) groups excluding carboxylic acids is 2. The molecule has 0 aliphatic rings. The number of alkyl carbamates (subject to hydrolysis) is 1. The highest BCUT2D eigenvalue weighted by Gasteiger charge is 2.33. The number of halogens is 2. The number of amides is 1. The quantitative estimate of drug-likeness (QED) is 0.866. The van der Waals surface area contributed by atoms with E-state index in [1.165, 1.54) is 13.0 Å². The van der Waals surface area contributed by atoms with E-state index in [0.29, 0.717) is 6.29 Å². The monoisotopic (exact) mass is 319 g/mol. The lowest BCUT2D eigenvalue weighted by Gasteiger charge is -2.28. The fraction of sp³-hybridized carbons (Fsp3) is 0.500. The molecule has 1 N–H and O–H groups in total. The Morgan fingerprint density at radius 3 is 2.40 bits per heavy atom. The second kappa shape index (κ2) is 5.93. The molecular formula is C12H15Cl2N3O3. The highest BCUT2D eigenvalue weighted by atomic mass is 35.5. The van der Waals surface area contributed by atoms with Gasteiger partial charge in [0, 0.05) is 5.56 Å². The number of nitrogens with zero attached hydrogens (tertiary/aromatic N) is 2. The van der Waals surface area contributed by atoms with Crippen LogP contribution in [0.2, 0.25) is 10.3 Å². The number of aldehydes is 1. The molecule has 0 aliphatic heterocycles. The molecule has 0 fully saturated rings. The van der Waals surface area contributed by atoms with Crippen LogP contribution in [0.5, 0.6) is 0 Å². The van der Waals surface area contributed by atoms with Gasteiger partial charge in [0.2, 0.25) is 0 Å². The summed E-state index contributed by atoms with van der Waals surface area (Å²) in [5, 5.41) is 9.63. The highest BCUT2D eigenvalue weighted by Crippen LogP contribution is 2.26. The van der Waals surface area contributed by atoms with Crippen molar-refractivity contribution in [2.75, 3.05) is 0 Å². The van der Waals surface area contributed by atoms with Crippen molar-refractivity contribution in [3.8, 4) is 0 Å². The van der Waals surface area contributed by atoms with E-state index in [0.717, 1.165) is 0 Å². The molecule has 1 unspecified atom stereocenters. The zero-order valence-corrected chi connectivity index (χ0v) is 13.0. The van der Waals surface area contributed by atoms with Crippen LogP contribution in [0, 0.1) is 0 Å². The molecule has 8 heteroatoms. The van der Waals surface area contributed by atoms with Crippen LogP contribution in [-0.4, -0.2) is 28.2 Å². The van der Waals surface area contributed by atoms with E-state index in [4.69, 9.17) is 27.9 Å². The lowest BCUT2D eigenvalue weighted by Crippen LogP contribution is -2.47. The number of hydrogen-bond donors (Lipinski definition) is 1. The van der Waals surface area contributed by atoms with Gasteiger partial charge in [-0.25, -0.2) is 4.79 Å². The molecule has 1 aromatic heterocycles. The Kier molecular flexibility index (Phi) is 4.94. The van der Waals surface area contributed by atoms with Gasteiger partial charge in [0.15, 0.2) is 10.3 Å². The minimum Gasteiger partial charge on any atom is -0.444 e. The van der Waals surface area contributed by atoms with Crippen LogP contribution in [0.15, 0.2) is 6.07 Å². The molecule has 1 heterocycles. The fourth-order valence-corrected chi connectivity index (χ4v) is 1.83. The van der Waals surface area contributed by atoms with Crippen LogP contribution in [-0.2, 0) is 15.1 Å². The first-order valence-electron chi connectivity index (χ1n) is 5.74. The highest BCUT2D eigenvalue weighted by molar-refractivity contribution is 6.32. The first-order valence-corrected chi connectivity index (χ1v) is 6.50. The summed E-state index contributed by atoms with van der Waals surface area (Å²) in [5.41, 5.74) is -1.87. The van der Waals surface area contributed by atoms with Crippen molar-refractivity contribution in [3.63, 3.8) is 0 Å². The van der Waals surface area contributed by atoms with Gasteiger partial charge in [0.1, 0.15) is 17.4 Å². The van der Waals surface area contributed by atoms with E-state index < -0.39 is 17.2 Å². The Balaban J connectivity index is 3.06. The maximum atomic E-state index is 11.8. The van der Waals surface area contributed by atoms with E-state index >= 15 is 0 Å². The first-order chi connectivity index (χ1) is 9.07. The Hall–Kier alpha value is -1.40. The lowest BCUT2D eigenvalue weighted by molar-refractivity contribution is -0.113. The Morgan fingerprint density at radius 1 is 1.30 bits per heavy atom. The predicted molar refractivity (Wildman–Crippen MR) is 74.8 cm³/mol. The van der Waals surface area contributed by atoms with Gasteiger partial charge in [0.25, 0.3) is 0 Å². The molecule has 1 aromatic rings. The third-order valence-electron chi connectivity index (χ3n) is 2.27. The van der Waals surface area contributed by atoms with Crippen molar-refractivity contribution in [1.29, 1.82) is 0 Å². The Morgan fingerprint density at radius 2 is 1.90 bits per heavy atom. The number of hydrogen-bond acceptors (Lipinski definition) is 5. The lowest BCUT2D eigenvalue weighted by atomic mass is 9.96. The molecule has 1 rings (SSSR count). The van der Waals surface area contributed by atoms with Crippen LogP contribution in [0.4, 0.5) is 4.79 Å². The molecule has 0 radical (unpaired) electrons. The van der Waals surface area contributed by atoms with Gasteiger partial charge in [-0.1, -0.05) is 23.2 Å². The van der Waals surface area contributed by atoms with E-state index in [1.807, 2.05) is 0 Å². The third kappa shape index (κ3) is 4.31. The van der Waals surface area contributed by atoms with Crippen molar-refractivity contribution >= 4 is 35.6 Å². The Bertz CT molecular complexity index is 531. The summed E-state index contributed by atoms with van der Waals surface area (Å²) >= 11 is 11.6. The molecule has 1 atom stereocenters. The zero-order chi connectivity index (χ0) is 15.6. The standard InChI is InChI=1S/C12H15Cl2N3O3/c1-11(2,3)20-10(19)15-12(4,6-18)7-5-8(13)16-17-9(7)14/h5-6H,1-4H3,(H,15,19). The van der Waals surface area contributed by atoms with Gasteiger partial charge in [-0.3, -0.25) is 0 Å². The summed E-state index contributed by atoms with van der Waals surface area (Å²) in [6.07, 6.45) is -0.230. The molecule has 0 aliphatic carbocycles. The van der Waals surface area contributed by atoms with Gasteiger partial charge < -0.3 is 14.8 Å². The molecule has 0 saturated heterocycles. The van der Waals surface area contributed by atoms with Gasteiger partial charge in [-0.2, -0.15) is 0 Å². The minimum absolute atomic E-state index is 0.0277. The molecule has 1 amide bonds. The van der Waals surface area contributed by atoms with Crippen molar-refractivity contribution in [1.82, 2.24) is 15.5 Å². The van der Waals surface area contributed by atoms with Gasteiger partial charge in [0.05, 0.1) is 0 Å². The molecule has 0 saturated carbocycles. The summed E-state index contributed by atoms with van der Waals surface area (Å²) in [5.74, 6) is 0.